The highest BCUT2D eigenvalue weighted by Gasteiger charge is 2.14. The number of hydrogen-bond donors (Lipinski definition) is 0. The first-order valence-electron chi connectivity index (χ1n) is 9.01. The lowest BCUT2D eigenvalue weighted by molar-refractivity contribution is 0.568. The Hall–Kier alpha value is -2.84. The Morgan fingerprint density at radius 3 is 2.54 bits per heavy atom. The molecule has 2 aromatic heterocycles. The third kappa shape index (κ3) is 1.96. The van der Waals surface area contributed by atoms with E-state index >= 15 is 0 Å². The molecule has 1 aliphatic carbocycles. The van der Waals surface area contributed by atoms with Gasteiger partial charge in [-0.25, -0.2) is 0 Å². The molecular weight excluding hydrogens is 336 g/mol. The van der Waals surface area contributed by atoms with Crippen LogP contribution in [0.5, 0.6) is 0 Å². The van der Waals surface area contributed by atoms with Crippen molar-refractivity contribution < 1.29 is 4.42 Å². The van der Waals surface area contributed by atoms with Crippen molar-refractivity contribution in [2.24, 2.45) is 0 Å². The third-order valence-electron chi connectivity index (χ3n) is 5.38. The molecule has 0 amide bonds. The van der Waals surface area contributed by atoms with Crippen molar-refractivity contribution in [3.63, 3.8) is 0 Å². The zero-order valence-electron chi connectivity index (χ0n) is 14.2. The van der Waals surface area contributed by atoms with E-state index in [1.807, 2.05) is 17.4 Å². The van der Waals surface area contributed by atoms with Crippen LogP contribution in [0.4, 0.5) is 0 Å². The van der Waals surface area contributed by atoms with Crippen LogP contribution in [-0.2, 0) is 0 Å². The summed E-state index contributed by atoms with van der Waals surface area (Å²) >= 11 is 1.87. The number of hydrogen-bond acceptors (Lipinski definition) is 2. The van der Waals surface area contributed by atoms with E-state index < -0.39 is 0 Å². The van der Waals surface area contributed by atoms with Gasteiger partial charge in [0.05, 0.1) is 0 Å². The summed E-state index contributed by atoms with van der Waals surface area (Å²) in [4.78, 5) is 0. The zero-order chi connectivity index (χ0) is 17.1. The summed E-state index contributed by atoms with van der Waals surface area (Å²) in [6.07, 6.45) is 4.42. The summed E-state index contributed by atoms with van der Waals surface area (Å²) in [7, 11) is 0. The molecule has 2 heterocycles. The summed E-state index contributed by atoms with van der Waals surface area (Å²) in [6.45, 7) is 0. The van der Waals surface area contributed by atoms with Gasteiger partial charge in [-0.2, -0.15) is 0 Å². The van der Waals surface area contributed by atoms with Gasteiger partial charge in [0.15, 0.2) is 0 Å². The lowest BCUT2D eigenvalue weighted by atomic mass is 9.96. The molecule has 0 radical (unpaired) electrons. The van der Waals surface area contributed by atoms with E-state index in [1.54, 1.807) is 0 Å². The lowest BCUT2D eigenvalue weighted by Crippen LogP contribution is -2.26. The van der Waals surface area contributed by atoms with Gasteiger partial charge in [0.25, 0.3) is 0 Å². The monoisotopic (exact) mass is 352 g/mol. The van der Waals surface area contributed by atoms with Gasteiger partial charge >= 0.3 is 0 Å². The van der Waals surface area contributed by atoms with Crippen LogP contribution in [0, 0.1) is 0 Å². The standard InChI is InChI=1S/C24H16OS/c1-3-10-21-17(6-1)20-9-5-8-16(24(20)25-21)15-12-13-19-18-7-2-4-11-22(18)26-23(19)14-15/h1-4,6-7,9-14H,5,8H2. The summed E-state index contributed by atoms with van der Waals surface area (Å²) in [6, 6.07) is 23.9. The second kappa shape index (κ2) is 5.33. The van der Waals surface area contributed by atoms with Crippen LogP contribution in [0.25, 0.3) is 42.8 Å². The molecule has 3 aromatic carbocycles. The quantitative estimate of drug-likeness (QED) is 0.384. The van der Waals surface area contributed by atoms with Crippen LogP contribution in [0.1, 0.15) is 18.4 Å². The molecule has 0 spiro atoms. The molecule has 0 bridgehead atoms. The van der Waals surface area contributed by atoms with Gasteiger partial charge < -0.3 is 4.42 Å². The fourth-order valence-corrected chi connectivity index (χ4v) is 5.30. The van der Waals surface area contributed by atoms with Crippen molar-refractivity contribution in [2.45, 2.75) is 12.8 Å². The average molecular weight is 352 g/mol. The minimum atomic E-state index is 0.982. The number of thiophene rings is 1. The molecule has 0 aliphatic heterocycles. The van der Waals surface area contributed by atoms with Gasteiger partial charge in [0, 0.05) is 36.4 Å². The van der Waals surface area contributed by atoms with Gasteiger partial charge in [0.2, 0.25) is 0 Å². The normalized spacial score (nSPS) is 14.1. The molecule has 0 atom stereocenters. The maximum Gasteiger partial charge on any atom is 0.138 e. The Balaban J connectivity index is 1.67. The Bertz CT molecular complexity index is 1430. The maximum atomic E-state index is 6.26. The van der Waals surface area contributed by atoms with E-state index in [2.05, 4.69) is 66.7 Å². The van der Waals surface area contributed by atoms with Gasteiger partial charge in [0.1, 0.15) is 11.0 Å². The zero-order valence-corrected chi connectivity index (χ0v) is 15.0. The van der Waals surface area contributed by atoms with Crippen LogP contribution in [0.3, 0.4) is 0 Å². The average Bonchev–Trinajstić information content (AvgIpc) is 3.25. The SMILES string of the molecule is C1=c2c(oc3ccccc23)=C(c2ccc3c(c2)sc2ccccc23)CC1. The van der Waals surface area contributed by atoms with Crippen molar-refractivity contribution in [1.29, 1.82) is 0 Å². The first-order valence-corrected chi connectivity index (χ1v) is 9.83. The molecule has 0 fully saturated rings. The van der Waals surface area contributed by atoms with Crippen molar-refractivity contribution in [1.82, 2.24) is 0 Å². The molecule has 0 saturated carbocycles. The molecule has 0 N–H and O–H groups in total. The summed E-state index contributed by atoms with van der Waals surface area (Å²) in [5.74, 6) is 0. The molecular formula is C24H16OS. The number of furan rings is 1. The Morgan fingerprint density at radius 1 is 0.769 bits per heavy atom. The fourth-order valence-electron chi connectivity index (χ4n) is 4.16. The van der Waals surface area contributed by atoms with Crippen molar-refractivity contribution in [3.8, 4) is 0 Å². The van der Waals surface area contributed by atoms with E-state index in [1.165, 1.54) is 41.9 Å². The first kappa shape index (κ1) is 14.3. The van der Waals surface area contributed by atoms with Crippen LogP contribution in [-0.4, -0.2) is 0 Å². The fraction of sp³-hybridized carbons (Fsp3) is 0.0833. The van der Waals surface area contributed by atoms with E-state index in [0.717, 1.165) is 23.8 Å². The van der Waals surface area contributed by atoms with Crippen LogP contribution >= 0.6 is 11.3 Å². The van der Waals surface area contributed by atoms with Crippen LogP contribution in [0.2, 0.25) is 0 Å². The number of fused-ring (bicyclic) bond motifs is 6. The molecule has 5 aromatic rings. The molecule has 2 heteroatoms. The minimum absolute atomic E-state index is 0.982. The maximum absolute atomic E-state index is 6.26. The van der Waals surface area contributed by atoms with Crippen LogP contribution in [0.15, 0.2) is 71.1 Å². The van der Waals surface area contributed by atoms with Crippen molar-refractivity contribution in [3.05, 3.63) is 82.9 Å². The highest BCUT2D eigenvalue weighted by atomic mass is 32.1. The highest BCUT2D eigenvalue weighted by Crippen LogP contribution is 2.35. The number of para-hydroxylation sites is 1. The van der Waals surface area contributed by atoms with Gasteiger partial charge in [-0.05, 0) is 36.6 Å². The first-order chi connectivity index (χ1) is 12.9. The summed E-state index contributed by atoms with van der Waals surface area (Å²) in [5, 5.41) is 5.19. The van der Waals surface area contributed by atoms with Crippen molar-refractivity contribution in [2.75, 3.05) is 0 Å². The second-order valence-corrected chi connectivity index (χ2v) is 7.96. The molecule has 26 heavy (non-hydrogen) atoms. The largest absolute Gasteiger partial charge is 0.456 e. The smallest absolute Gasteiger partial charge is 0.138 e. The molecule has 1 nitrogen and oxygen atoms in total. The Kier molecular flexibility index (Phi) is 2.94. The van der Waals surface area contributed by atoms with Crippen molar-refractivity contribution >= 4 is 54.1 Å². The molecule has 124 valence electrons. The molecule has 0 unspecified atom stereocenters. The Labute approximate surface area is 154 Å². The molecule has 6 rings (SSSR count). The van der Waals surface area contributed by atoms with Gasteiger partial charge in [-0.1, -0.05) is 54.6 Å². The predicted octanol–water partition coefficient (Wildman–Crippen LogP) is 5.57. The summed E-state index contributed by atoms with van der Waals surface area (Å²) in [5.41, 5.74) is 4.66. The lowest BCUT2D eigenvalue weighted by Gasteiger charge is -2.08. The van der Waals surface area contributed by atoms with Crippen LogP contribution < -0.4 is 10.6 Å². The topological polar surface area (TPSA) is 13.1 Å². The van der Waals surface area contributed by atoms with Gasteiger partial charge in [-0.3, -0.25) is 0 Å². The third-order valence-corrected chi connectivity index (χ3v) is 6.51. The van der Waals surface area contributed by atoms with E-state index in [-0.39, 0.29) is 0 Å². The summed E-state index contributed by atoms with van der Waals surface area (Å²) < 4.78 is 8.97. The molecule has 1 aliphatic rings. The van der Waals surface area contributed by atoms with E-state index in [0.29, 0.717) is 0 Å². The Morgan fingerprint density at radius 2 is 1.58 bits per heavy atom. The van der Waals surface area contributed by atoms with E-state index in [4.69, 9.17) is 4.42 Å². The number of benzene rings is 3. The predicted molar refractivity (Wildman–Crippen MR) is 111 cm³/mol. The number of rotatable bonds is 1. The van der Waals surface area contributed by atoms with Gasteiger partial charge in [-0.15, -0.1) is 11.3 Å². The highest BCUT2D eigenvalue weighted by molar-refractivity contribution is 7.25. The minimum Gasteiger partial charge on any atom is -0.456 e. The van der Waals surface area contributed by atoms with E-state index in [9.17, 15) is 0 Å². The second-order valence-electron chi connectivity index (χ2n) is 6.87. The molecule has 0 saturated heterocycles.